The summed E-state index contributed by atoms with van der Waals surface area (Å²) in [7, 11) is 1.33. The van der Waals surface area contributed by atoms with E-state index in [1.165, 1.54) is 173 Å². The van der Waals surface area contributed by atoms with Crippen LogP contribution in [0.1, 0.15) is 226 Å². The van der Waals surface area contributed by atoms with Crippen molar-refractivity contribution >= 4 is 13.8 Å². The number of phosphoric ester groups is 1. The molecule has 0 aliphatic rings. The molecule has 0 aliphatic carbocycles. The maximum atomic E-state index is 12.7. The highest BCUT2D eigenvalue weighted by Crippen LogP contribution is 2.38. The number of hydrogen-bond donors (Lipinski definition) is 0. The molecule has 57 heavy (non-hydrogen) atoms. The van der Waals surface area contributed by atoms with Crippen LogP contribution in [0, 0.1) is 0 Å². The van der Waals surface area contributed by atoms with Gasteiger partial charge in [0.15, 0.2) is 6.10 Å². The van der Waals surface area contributed by atoms with Gasteiger partial charge in [-0.1, -0.05) is 187 Å². The lowest BCUT2D eigenvalue weighted by Crippen LogP contribution is -2.37. The second-order valence-electron chi connectivity index (χ2n) is 17.5. The smallest absolute Gasteiger partial charge is 0.306 e. The number of quaternary nitrogens is 1. The zero-order chi connectivity index (χ0) is 42.0. The van der Waals surface area contributed by atoms with Crippen LogP contribution in [0.2, 0.25) is 0 Å². The van der Waals surface area contributed by atoms with Crippen molar-refractivity contribution in [3.63, 3.8) is 0 Å². The van der Waals surface area contributed by atoms with Crippen LogP contribution in [0.3, 0.4) is 0 Å². The van der Waals surface area contributed by atoms with Crippen LogP contribution in [0.4, 0.5) is 0 Å². The maximum Gasteiger partial charge on any atom is 0.306 e. The standard InChI is InChI=1S/C48H94NO7P/c1-6-8-10-12-14-16-18-20-22-24-25-26-27-29-31-33-35-37-39-41-48(50)56-47(46-55-57(51,52)54-44-42-49(3,4)5)45-53-43-40-38-36-34-32-30-28-23-21-19-17-15-13-11-9-7-2/h24-25,40,43,47H,6-23,26-39,41-42,44-46H2,1-5H3/b25-24-,43-40-/t47-/m1/s1. The van der Waals surface area contributed by atoms with Crippen molar-refractivity contribution in [3.05, 3.63) is 24.5 Å². The zero-order valence-electron chi connectivity index (χ0n) is 38.3. The van der Waals surface area contributed by atoms with E-state index in [2.05, 4.69) is 26.0 Å². The molecule has 338 valence electrons. The summed E-state index contributed by atoms with van der Waals surface area (Å²) in [5, 5.41) is 0. The van der Waals surface area contributed by atoms with Gasteiger partial charge in [0.1, 0.15) is 19.8 Å². The number of hydrogen-bond acceptors (Lipinski definition) is 7. The van der Waals surface area contributed by atoms with E-state index in [-0.39, 0.29) is 25.8 Å². The van der Waals surface area contributed by atoms with E-state index in [1.54, 1.807) is 6.26 Å². The molecule has 0 aromatic rings. The quantitative estimate of drug-likeness (QED) is 0.0151. The lowest BCUT2D eigenvalue weighted by molar-refractivity contribution is -0.870. The summed E-state index contributed by atoms with van der Waals surface area (Å²) in [5.41, 5.74) is 0. The highest BCUT2D eigenvalue weighted by molar-refractivity contribution is 7.45. The first-order valence-electron chi connectivity index (χ1n) is 24.1. The molecule has 2 atom stereocenters. The molecule has 0 heterocycles. The number of carbonyl (C=O) groups excluding carboxylic acids is 1. The predicted octanol–water partition coefficient (Wildman–Crippen LogP) is 14.1. The van der Waals surface area contributed by atoms with Crippen molar-refractivity contribution in [3.8, 4) is 0 Å². The van der Waals surface area contributed by atoms with Gasteiger partial charge in [-0.2, -0.15) is 0 Å². The number of nitrogens with zero attached hydrogens (tertiary/aromatic N) is 1. The number of allylic oxidation sites excluding steroid dienone is 3. The normalized spacial score (nSPS) is 13.8. The largest absolute Gasteiger partial charge is 0.756 e. The first-order valence-corrected chi connectivity index (χ1v) is 25.6. The molecule has 0 aliphatic heterocycles. The van der Waals surface area contributed by atoms with Gasteiger partial charge in [0.05, 0.1) is 34.0 Å². The molecule has 0 rings (SSSR count). The predicted molar refractivity (Wildman–Crippen MR) is 240 cm³/mol. The molecule has 8 nitrogen and oxygen atoms in total. The number of ether oxygens (including phenoxy) is 2. The van der Waals surface area contributed by atoms with E-state index in [0.29, 0.717) is 17.4 Å². The third-order valence-electron chi connectivity index (χ3n) is 10.6. The Hall–Kier alpha value is -1.18. The first-order chi connectivity index (χ1) is 27.6. The molecule has 0 aromatic heterocycles. The highest BCUT2D eigenvalue weighted by atomic mass is 31.2. The number of phosphoric acid groups is 1. The Morgan fingerprint density at radius 3 is 1.35 bits per heavy atom. The van der Waals surface area contributed by atoms with Gasteiger partial charge in [0, 0.05) is 6.42 Å². The highest BCUT2D eigenvalue weighted by Gasteiger charge is 2.20. The van der Waals surface area contributed by atoms with Gasteiger partial charge in [-0.05, 0) is 51.0 Å². The molecule has 0 spiro atoms. The van der Waals surface area contributed by atoms with Gasteiger partial charge in [-0.3, -0.25) is 9.36 Å². The Bertz CT molecular complexity index is 967. The molecule has 0 radical (unpaired) electrons. The van der Waals surface area contributed by atoms with E-state index >= 15 is 0 Å². The van der Waals surface area contributed by atoms with Gasteiger partial charge in [-0.25, -0.2) is 0 Å². The van der Waals surface area contributed by atoms with Gasteiger partial charge in [0.25, 0.3) is 7.82 Å². The minimum atomic E-state index is -4.54. The monoisotopic (exact) mass is 828 g/mol. The molecule has 0 bridgehead atoms. The Balaban J connectivity index is 4.21. The molecular formula is C48H94NO7P. The van der Waals surface area contributed by atoms with Crippen molar-refractivity contribution < 1.29 is 37.3 Å². The lowest BCUT2D eigenvalue weighted by Gasteiger charge is -2.28. The van der Waals surface area contributed by atoms with Crippen molar-refractivity contribution in [2.24, 2.45) is 0 Å². The van der Waals surface area contributed by atoms with Gasteiger partial charge < -0.3 is 27.9 Å². The number of likely N-dealkylation sites (N-methyl/N-ethyl adjacent to an activating group) is 1. The fourth-order valence-corrected chi connectivity index (χ4v) is 7.53. The van der Waals surface area contributed by atoms with Crippen molar-refractivity contribution in [2.45, 2.75) is 232 Å². The Morgan fingerprint density at radius 2 is 0.930 bits per heavy atom. The zero-order valence-corrected chi connectivity index (χ0v) is 39.2. The van der Waals surface area contributed by atoms with Crippen molar-refractivity contribution in [1.82, 2.24) is 0 Å². The van der Waals surface area contributed by atoms with Crippen molar-refractivity contribution in [2.75, 3.05) is 47.5 Å². The summed E-state index contributed by atoms with van der Waals surface area (Å²) in [6.45, 7) is 4.76. The summed E-state index contributed by atoms with van der Waals surface area (Å²) >= 11 is 0. The van der Waals surface area contributed by atoms with E-state index in [1.807, 2.05) is 27.2 Å². The second-order valence-corrected chi connectivity index (χ2v) is 19.0. The van der Waals surface area contributed by atoms with Crippen molar-refractivity contribution in [1.29, 1.82) is 0 Å². The van der Waals surface area contributed by atoms with Crippen LogP contribution < -0.4 is 4.89 Å². The number of carbonyl (C=O) groups is 1. The fourth-order valence-electron chi connectivity index (χ4n) is 6.80. The summed E-state index contributed by atoms with van der Waals surface area (Å²) in [5.74, 6) is -0.357. The first kappa shape index (κ1) is 55.8. The molecule has 0 saturated heterocycles. The molecular weight excluding hydrogens is 734 g/mol. The average molecular weight is 828 g/mol. The average Bonchev–Trinajstić information content (AvgIpc) is 3.16. The van der Waals surface area contributed by atoms with Crippen LogP contribution >= 0.6 is 7.82 Å². The topological polar surface area (TPSA) is 94.1 Å². The summed E-state index contributed by atoms with van der Waals surface area (Å²) < 4.78 is 34.4. The number of rotatable bonds is 45. The summed E-state index contributed by atoms with van der Waals surface area (Å²) in [4.78, 5) is 25.1. The van der Waals surface area contributed by atoms with Gasteiger partial charge in [0.2, 0.25) is 0 Å². The SMILES string of the molecule is CCCCCCCCCC/C=C\CCCCCCCCCC(=O)O[C@H](CO/C=C\CCCCCCCCCCCCCCCC)COP(=O)([O-])OCC[N+](C)(C)C. The minimum Gasteiger partial charge on any atom is -0.756 e. The maximum absolute atomic E-state index is 12.7. The lowest BCUT2D eigenvalue weighted by atomic mass is 10.0. The molecule has 1 unspecified atom stereocenters. The fraction of sp³-hybridized carbons (Fsp3) is 0.896. The van der Waals surface area contributed by atoms with Crippen LogP contribution in [-0.2, 0) is 27.9 Å². The van der Waals surface area contributed by atoms with Gasteiger partial charge in [-0.15, -0.1) is 0 Å². The Labute approximate surface area is 353 Å². The third kappa shape index (κ3) is 45.7. The van der Waals surface area contributed by atoms with Gasteiger partial charge >= 0.3 is 5.97 Å². The molecule has 0 saturated carbocycles. The molecule has 9 heteroatoms. The molecule has 0 amide bonds. The summed E-state index contributed by atoms with van der Waals surface area (Å²) in [6, 6.07) is 0. The second kappa shape index (κ2) is 41.5. The van der Waals surface area contributed by atoms with Crippen LogP contribution in [0.25, 0.3) is 0 Å². The molecule has 0 fully saturated rings. The van der Waals surface area contributed by atoms with Crippen LogP contribution in [-0.4, -0.2) is 64.1 Å². The van der Waals surface area contributed by atoms with Crippen LogP contribution in [0.5, 0.6) is 0 Å². The van der Waals surface area contributed by atoms with Crippen LogP contribution in [0.15, 0.2) is 24.5 Å². The molecule has 0 N–H and O–H groups in total. The van der Waals surface area contributed by atoms with E-state index in [4.69, 9.17) is 18.5 Å². The number of unbranched alkanes of at least 4 members (excludes halogenated alkanes) is 29. The van der Waals surface area contributed by atoms with E-state index < -0.39 is 13.9 Å². The minimum absolute atomic E-state index is 0.0175. The van der Waals surface area contributed by atoms with E-state index in [0.717, 1.165) is 32.1 Å². The summed E-state index contributed by atoms with van der Waals surface area (Å²) in [6.07, 6.45) is 48.6. The molecule has 0 aromatic carbocycles. The Morgan fingerprint density at radius 1 is 0.544 bits per heavy atom. The third-order valence-corrected chi connectivity index (χ3v) is 11.5. The van der Waals surface area contributed by atoms with E-state index in [9.17, 15) is 14.3 Å². The number of esters is 1. The Kier molecular flexibility index (Phi) is 40.7.